The van der Waals surface area contributed by atoms with Crippen molar-refractivity contribution in [3.8, 4) is 0 Å². The van der Waals surface area contributed by atoms with E-state index in [1.165, 1.54) is 19.0 Å². The third-order valence-electron chi connectivity index (χ3n) is 3.40. The van der Waals surface area contributed by atoms with Gasteiger partial charge in [0, 0.05) is 31.5 Å². The molecule has 1 aliphatic heterocycles. The van der Waals surface area contributed by atoms with Gasteiger partial charge in [0.15, 0.2) is 0 Å². The predicted octanol–water partition coefficient (Wildman–Crippen LogP) is 1.17. The van der Waals surface area contributed by atoms with Crippen molar-refractivity contribution in [3.63, 3.8) is 0 Å². The molecular formula is C12H21N3O2S. The quantitative estimate of drug-likeness (QED) is 0.845. The van der Waals surface area contributed by atoms with Gasteiger partial charge in [-0.2, -0.15) is 4.31 Å². The van der Waals surface area contributed by atoms with E-state index >= 15 is 0 Å². The Morgan fingerprint density at radius 2 is 2.28 bits per heavy atom. The van der Waals surface area contributed by atoms with Gasteiger partial charge in [-0.3, -0.25) is 0 Å². The molecule has 2 heterocycles. The van der Waals surface area contributed by atoms with Gasteiger partial charge in [-0.15, -0.1) is 0 Å². The van der Waals surface area contributed by atoms with Crippen molar-refractivity contribution in [3.05, 3.63) is 18.5 Å². The second-order valence-corrected chi connectivity index (χ2v) is 6.59. The molecule has 0 amide bonds. The lowest BCUT2D eigenvalue weighted by molar-refractivity contribution is 0.319. The standard InChI is InChI=1S/C12H21N3O2S/c1-2-15(10-11-5-3-4-7-14-11)18(16,17)12-6-8-13-9-12/h6,8-9,11,13-14H,2-5,7,10H2,1H3. The summed E-state index contributed by atoms with van der Waals surface area (Å²) in [7, 11) is -3.35. The van der Waals surface area contributed by atoms with Crippen LogP contribution in [0.25, 0.3) is 0 Å². The van der Waals surface area contributed by atoms with E-state index in [-0.39, 0.29) is 6.04 Å². The molecular weight excluding hydrogens is 250 g/mol. The van der Waals surface area contributed by atoms with Crippen LogP contribution < -0.4 is 5.32 Å². The first-order valence-electron chi connectivity index (χ1n) is 6.51. The van der Waals surface area contributed by atoms with Crippen molar-refractivity contribution in [2.75, 3.05) is 19.6 Å². The SMILES string of the molecule is CCN(CC1CCCCN1)S(=O)(=O)c1cc[nH]c1. The van der Waals surface area contributed by atoms with Crippen molar-refractivity contribution in [1.82, 2.24) is 14.6 Å². The first-order chi connectivity index (χ1) is 8.64. The zero-order valence-electron chi connectivity index (χ0n) is 10.7. The Morgan fingerprint density at radius 1 is 1.44 bits per heavy atom. The number of aromatic amines is 1. The minimum atomic E-state index is -3.35. The lowest BCUT2D eigenvalue weighted by Crippen LogP contribution is -2.45. The van der Waals surface area contributed by atoms with E-state index in [0.717, 1.165) is 13.0 Å². The van der Waals surface area contributed by atoms with Crippen LogP contribution in [0.15, 0.2) is 23.4 Å². The Morgan fingerprint density at radius 3 is 2.83 bits per heavy atom. The van der Waals surface area contributed by atoms with Crippen LogP contribution in [0.5, 0.6) is 0 Å². The maximum absolute atomic E-state index is 12.4. The molecule has 1 aliphatic rings. The van der Waals surface area contributed by atoms with Gasteiger partial charge in [-0.1, -0.05) is 13.3 Å². The van der Waals surface area contributed by atoms with Crippen molar-refractivity contribution in [2.24, 2.45) is 0 Å². The predicted molar refractivity (Wildman–Crippen MR) is 70.9 cm³/mol. The monoisotopic (exact) mass is 271 g/mol. The molecule has 1 saturated heterocycles. The smallest absolute Gasteiger partial charge is 0.244 e. The van der Waals surface area contributed by atoms with Gasteiger partial charge in [-0.25, -0.2) is 8.42 Å². The Hall–Kier alpha value is -0.850. The van der Waals surface area contributed by atoms with E-state index in [4.69, 9.17) is 0 Å². The molecule has 0 aromatic carbocycles. The van der Waals surface area contributed by atoms with E-state index in [9.17, 15) is 8.42 Å². The van der Waals surface area contributed by atoms with Crippen LogP contribution in [0.1, 0.15) is 26.2 Å². The number of aromatic nitrogens is 1. The Balaban J connectivity index is 2.08. The number of sulfonamides is 1. The average Bonchev–Trinajstić information content (AvgIpc) is 2.91. The molecule has 0 spiro atoms. The summed E-state index contributed by atoms with van der Waals surface area (Å²) in [5, 5.41) is 3.39. The van der Waals surface area contributed by atoms with Crippen LogP contribution in [0.3, 0.4) is 0 Å². The number of nitrogens with zero attached hydrogens (tertiary/aromatic N) is 1. The minimum Gasteiger partial charge on any atom is -0.366 e. The lowest BCUT2D eigenvalue weighted by Gasteiger charge is -2.29. The maximum Gasteiger partial charge on any atom is 0.244 e. The Labute approximate surface area is 109 Å². The molecule has 0 aliphatic carbocycles. The summed E-state index contributed by atoms with van der Waals surface area (Å²) in [5.74, 6) is 0. The molecule has 1 aromatic rings. The third kappa shape index (κ3) is 2.93. The highest BCUT2D eigenvalue weighted by Gasteiger charge is 2.26. The molecule has 1 fully saturated rings. The highest BCUT2D eigenvalue weighted by atomic mass is 32.2. The summed E-state index contributed by atoms with van der Waals surface area (Å²) in [5.41, 5.74) is 0. The van der Waals surface area contributed by atoms with Crippen LogP contribution in [0.4, 0.5) is 0 Å². The Bertz CT molecular complexity index is 450. The molecule has 102 valence electrons. The van der Waals surface area contributed by atoms with Crippen molar-refractivity contribution in [1.29, 1.82) is 0 Å². The van der Waals surface area contributed by atoms with Gasteiger partial charge in [0.1, 0.15) is 0 Å². The molecule has 0 bridgehead atoms. The first kappa shape index (κ1) is 13.6. The minimum absolute atomic E-state index is 0.285. The normalized spacial score (nSPS) is 21.3. The summed E-state index contributed by atoms with van der Waals surface area (Å²) in [6, 6.07) is 1.89. The molecule has 18 heavy (non-hydrogen) atoms. The van der Waals surface area contributed by atoms with E-state index in [1.807, 2.05) is 6.92 Å². The fourth-order valence-corrected chi connectivity index (χ4v) is 3.81. The van der Waals surface area contributed by atoms with Crippen molar-refractivity contribution >= 4 is 10.0 Å². The summed E-state index contributed by atoms with van der Waals surface area (Å²) in [6.07, 6.45) is 6.59. The van der Waals surface area contributed by atoms with Crippen molar-refractivity contribution in [2.45, 2.75) is 37.1 Å². The van der Waals surface area contributed by atoms with E-state index in [2.05, 4.69) is 10.3 Å². The zero-order chi connectivity index (χ0) is 13.0. The molecule has 1 aromatic heterocycles. The van der Waals surface area contributed by atoms with E-state index < -0.39 is 10.0 Å². The second-order valence-electron chi connectivity index (χ2n) is 4.65. The van der Waals surface area contributed by atoms with Gasteiger partial charge in [0.25, 0.3) is 0 Å². The number of hydrogen-bond donors (Lipinski definition) is 2. The highest BCUT2D eigenvalue weighted by Crippen LogP contribution is 2.17. The Kier molecular flexibility index (Phi) is 4.42. The van der Waals surface area contributed by atoms with Gasteiger partial charge in [0.2, 0.25) is 10.0 Å². The topological polar surface area (TPSA) is 65.2 Å². The third-order valence-corrected chi connectivity index (χ3v) is 5.33. The number of rotatable bonds is 5. The summed E-state index contributed by atoms with van der Waals surface area (Å²) in [4.78, 5) is 3.14. The highest BCUT2D eigenvalue weighted by molar-refractivity contribution is 7.89. The number of hydrogen-bond acceptors (Lipinski definition) is 3. The maximum atomic E-state index is 12.4. The van der Waals surface area contributed by atoms with E-state index in [1.54, 1.807) is 16.6 Å². The van der Waals surface area contributed by atoms with Crippen LogP contribution in [0.2, 0.25) is 0 Å². The van der Waals surface area contributed by atoms with Crippen LogP contribution in [-0.4, -0.2) is 43.4 Å². The van der Waals surface area contributed by atoms with Crippen LogP contribution >= 0.6 is 0 Å². The molecule has 2 N–H and O–H groups in total. The number of H-pyrrole nitrogens is 1. The van der Waals surface area contributed by atoms with Crippen molar-refractivity contribution < 1.29 is 8.42 Å². The number of nitrogens with one attached hydrogen (secondary N) is 2. The largest absolute Gasteiger partial charge is 0.366 e. The summed E-state index contributed by atoms with van der Waals surface area (Å²) >= 11 is 0. The summed E-state index contributed by atoms with van der Waals surface area (Å²) < 4.78 is 26.3. The molecule has 0 radical (unpaired) electrons. The van der Waals surface area contributed by atoms with E-state index in [0.29, 0.717) is 18.0 Å². The second kappa shape index (κ2) is 5.86. The summed E-state index contributed by atoms with van der Waals surface area (Å²) in [6.45, 7) is 3.94. The zero-order valence-corrected chi connectivity index (χ0v) is 11.5. The van der Waals surface area contributed by atoms with Crippen LogP contribution in [-0.2, 0) is 10.0 Å². The molecule has 6 heteroatoms. The van der Waals surface area contributed by atoms with Gasteiger partial charge < -0.3 is 10.3 Å². The fourth-order valence-electron chi connectivity index (χ4n) is 2.34. The number of likely N-dealkylation sites (N-methyl/N-ethyl adjacent to an activating group) is 1. The molecule has 1 unspecified atom stereocenters. The molecule has 5 nitrogen and oxygen atoms in total. The van der Waals surface area contributed by atoms with Crippen LogP contribution in [0, 0.1) is 0 Å². The lowest BCUT2D eigenvalue weighted by atomic mass is 10.1. The number of piperidine rings is 1. The average molecular weight is 271 g/mol. The van der Waals surface area contributed by atoms with Gasteiger partial charge in [-0.05, 0) is 25.5 Å². The molecule has 0 saturated carbocycles. The molecule has 1 atom stereocenters. The van der Waals surface area contributed by atoms with Gasteiger partial charge in [0.05, 0.1) is 4.90 Å². The van der Waals surface area contributed by atoms with Gasteiger partial charge >= 0.3 is 0 Å². The molecule has 2 rings (SSSR count). The fraction of sp³-hybridized carbons (Fsp3) is 0.667. The first-order valence-corrected chi connectivity index (χ1v) is 7.95.